The van der Waals surface area contributed by atoms with Crippen molar-refractivity contribution in [2.45, 2.75) is 19.3 Å². The van der Waals surface area contributed by atoms with E-state index >= 15 is 0 Å². The van der Waals surface area contributed by atoms with Gasteiger partial charge in [0, 0.05) is 22.5 Å². The molecule has 1 aliphatic rings. The minimum absolute atomic E-state index is 0.206. The number of fused-ring (bicyclic) bond motifs is 5. The Kier molecular flexibility index (Phi) is 7.40. The van der Waals surface area contributed by atoms with E-state index in [1.807, 2.05) is 18.2 Å². The zero-order chi connectivity index (χ0) is 34.5. The van der Waals surface area contributed by atoms with Gasteiger partial charge in [0.1, 0.15) is 5.82 Å². The molecule has 0 spiro atoms. The van der Waals surface area contributed by atoms with Gasteiger partial charge in [0.2, 0.25) is 0 Å². The lowest BCUT2D eigenvalue weighted by Gasteiger charge is -2.26. The van der Waals surface area contributed by atoms with E-state index in [0.29, 0.717) is 0 Å². The van der Waals surface area contributed by atoms with Crippen molar-refractivity contribution in [3.8, 4) is 44.5 Å². The third-order valence-electron chi connectivity index (χ3n) is 10.5. The van der Waals surface area contributed by atoms with Gasteiger partial charge >= 0.3 is 0 Å². The maximum Gasteiger partial charge on any atom is 0.123 e. The Labute approximate surface area is 298 Å². The van der Waals surface area contributed by atoms with E-state index in [1.165, 1.54) is 50.1 Å². The second-order valence-electron chi connectivity index (χ2n) is 13.9. The summed E-state index contributed by atoms with van der Waals surface area (Å²) in [5.74, 6) is -0.206. The number of benzene rings is 8. The van der Waals surface area contributed by atoms with Crippen LogP contribution >= 0.6 is 0 Å². The quantitative estimate of drug-likeness (QED) is 0.172. The van der Waals surface area contributed by atoms with E-state index in [1.54, 1.807) is 12.1 Å². The van der Waals surface area contributed by atoms with E-state index in [2.05, 4.69) is 170 Å². The van der Waals surface area contributed by atoms with Crippen LogP contribution in [-0.2, 0) is 5.41 Å². The maximum absolute atomic E-state index is 14.7. The summed E-state index contributed by atoms with van der Waals surface area (Å²) < 4.78 is 14.7. The fourth-order valence-electron chi connectivity index (χ4n) is 8.01. The molecular formula is C49H36FN. The Morgan fingerprint density at radius 3 is 1.45 bits per heavy atom. The highest BCUT2D eigenvalue weighted by molar-refractivity contribution is 6.05. The lowest BCUT2D eigenvalue weighted by Crippen LogP contribution is -2.15. The first-order valence-electron chi connectivity index (χ1n) is 17.5. The molecule has 0 N–H and O–H groups in total. The molecular weight excluding hydrogens is 622 g/mol. The van der Waals surface area contributed by atoms with Crippen LogP contribution in [0.2, 0.25) is 0 Å². The van der Waals surface area contributed by atoms with E-state index in [0.717, 1.165) is 33.4 Å². The first-order chi connectivity index (χ1) is 25.0. The van der Waals surface area contributed by atoms with Gasteiger partial charge in [0.25, 0.3) is 0 Å². The maximum atomic E-state index is 14.7. The first-order valence-corrected chi connectivity index (χ1v) is 17.5. The summed E-state index contributed by atoms with van der Waals surface area (Å²) in [5.41, 5.74) is 14.9. The second-order valence-corrected chi connectivity index (χ2v) is 13.9. The van der Waals surface area contributed by atoms with Crippen LogP contribution in [0.25, 0.3) is 55.3 Å². The smallest absolute Gasteiger partial charge is 0.123 e. The lowest BCUT2D eigenvalue weighted by atomic mass is 9.79. The molecule has 0 unspecified atom stereocenters. The number of hydrogen-bond donors (Lipinski definition) is 0. The van der Waals surface area contributed by atoms with Crippen LogP contribution in [-0.4, -0.2) is 0 Å². The third-order valence-corrected chi connectivity index (χ3v) is 10.5. The molecule has 51 heavy (non-hydrogen) atoms. The highest BCUT2D eigenvalue weighted by Crippen LogP contribution is 2.55. The van der Waals surface area contributed by atoms with Gasteiger partial charge in [0.15, 0.2) is 0 Å². The van der Waals surface area contributed by atoms with Crippen molar-refractivity contribution in [2.75, 3.05) is 4.90 Å². The Morgan fingerprint density at radius 1 is 0.431 bits per heavy atom. The van der Waals surface area contributed by atoms with Crippen molar-refractivity contribution in [1.29, 1.82) is 0 Å². The molecule has 0 aromatic heterocycles. The molecule has 0 heterocycles. The fourth-order valence-corrected chi connectivity index (χ4v) is 8.01. The molecule has 1 aliphatic carbocycles. The molecule has 0 saturated heterocycles. The molecule has 8 aromatic carbocycles. The Bertz CT molecular complexity index is 2430. The Hall–Kier alpha value is -6.25. The number of rotatable bonds is 6. The van der Waals surface area contributed by atoms with Crippen LogP contribution in [0.3, 0.4) is 0 Å². The molecule has 9 rings (SSSR count). The summed E-state index contributed by atoms with van der Waals surface area (Å²) in [7, 11) is 0. The zero-order valence-corrected chi connectivity index (χ0v) is 28.6. The number of anilines is 3. The van der Waals surface area contributed by atoms with Gasteiger partial charge in [-0.3, -0.25) is 0 Å². The fraction of sp³-hybridized carbons (Fsp3) is 0.0612. The van der Waals surface area contributed by atoms with Gasteiger partial charge in [-0.05, 0) is 121 Å². The summed E-state index contributed by atoms with van der Waals surface area (Å²) in [6.07, 6.45) is 0. The van der Waals surface area contributed by atoms with Crippen molar-refractivity contribution in [3.05, 3.63) is 199 Å². The summed E-state index contributed by atoms with van der Waals surface area (Å²) in [5, 5.41) is 2.03. The van der Waals surface area contributed by atoms with E-state index < -0.39 is 0 Å². The molecule has 0 saturated carbocycles. The van der Waals surface area contributed by atoms with Crippen LogP contribution < -0.4 is 4.90 Å². The topological polar surface area (TPSA) is 3.24 Å². The number of nitrogens with zero attached hydrogens (tertiary/aromatic N) is 1. The molecule has 0 atom stereocenters. The minimum Gasteiger partial charge on any atom is -0.311 e. The molecule has 2 heteroatoms. The van der Waals surface area contributed by atoms with E-state index in [4.69, 9.17) is 0 Å². The highest BCUT2D eigenvalue weighted by Gasteiger charge is 2.38. The van der Waals surface area contributed by atoms with Crippen molar-refractivity contribution in [2.24, 2.45) is 0 Å². The minimum atomic E-state index is -0.261. The molecule has 0 aliphatic heterocycles. The van der Waals surface area contributed by atoms with Gasteiger partial charge in [0.05, 0.1) is 0 Å². The largest absolute Gasteiger partial charge is 0.311 e. The van der Waals surface area contributed by atoms with Gasteiger partial charge in [-0.1, -0.05) is 141 Å². The summed E-state index contributed by atoms with van der Waals surface area (Å²) in [6, 6.07) is 63.6. The van der Waals surface area contributed by atoms with Crippen molar-refractivity contribution < 1.29 is 4.39 Å². The molecule has 0 amide bonds. The van der Waals surface area contributed by atoms with Crippen LogP contribution in [0.1, 0.15) is 25.0 Å². The molecule has 1 nitrogen and oxygen atoms in total. The van der Waals surface area contributed by atoms with Crippen LogP contribution in [0.5, 0.6) is 0 Å². The van der Waals surface area contributed by atoms with Gasteiger partial charge in [-0.25, -0.2) is 4.39 Å². The lowest BCUT2D eigenvalue weighted by molar-refractivity contribution is 0.628. The van der Waals surface area contributed by atoms with Crippen LogP contribution in [0.4, 0.5) is 21.5 Å². The van der Waals surface area contributed by atoms with E-state index in [9.17, 15) is 4.39 Å². The van der Waals surface area contributed by atoms with Gasteiger partial charge in [-0.2, -0.15) is 0 Å². The first kappa shape index (κ1) is 30.8. The average molecular weight is 658 g/mol. The molecule has 0 radical (unpaired) electrons. The second kappa shape index (κ2) is 12.3. The molecule has 0 fully saturated rings. The van der Waals surface area contributed by atoms with Crippen molar-refractivity contribution in [1.82, 2.24) is 0 Å². The number of hydrogen-bond acceptors (Lipinski definition) is 1. The Morgan fingerprint density at radius 2 is 0.902 bits per heavy atom. The van der Waals surface area contributed by atoms with Crippen molar-refractivity contribution >= 4 is 27.8 Å². The third kappa shape index (κ3) is 5.32. The highest BCUT2D eigenvalue weighted by atomic mass is 19.1. The van der Waals surface area contributed by atoms with Crippen molar-refractivity contribution in [3.63, 3.8) is 0 Å². The molecule has 0 bridgehead atoms. The van der Waals surface area contributed by atoms with Crippen LogP contribution in [0, 0.1) is 5.82 Å². The average Bonchev–Trinajstić information content (AvgIpc) is 3.43. The summed E-state index contributed by atoms with van der Waals surface area (Å²) in [6.45, 7) is 4.53. The normalized spacial score (nSPS) is 12.8. The summed E-state index contributed by atoms with van der Waals surface area (Å²) >= 11 is 0. The summed E-state index contributed by atoms with van der Waals surface area (Å²) in [4.78, 5) is 2.32. The SMILES string of the molecule is CC1(C)c2ccccc2-c2c(-c3ccc(N(c4ccc(-c5ccccc5)cc4)c4ccc(-c5ccccc5)cc4)cc3)cc3ccc(F)cc3c21. The predicted molar refractivity (Wildman–Crippen MR) is 212 cm³/mol. The molecule has 244 valence electrons. The Balaban J connectivity index is 1.17. The van der Waals surface area contributed by atoms with E-state index in [-0.39, 0.29) is 11.2 Å². The van der Waals surface area contributed by atoms with Gasteiger partial charge in [-0.15, -0.1) is 0 Å². The molecule has 8 aromatic rings. The van der Waals surface area contributed by atoms with Crippen LogP contribution in [0.15, 0.2) is 182 Å². The standard InChI is InChI=1S/C49H36FN/c1-49(2)46-16-10-9-15-43(46)47-44(31-38-17-24-39(50)32-45(38)48(47)49)37-22-29-42(30-23-37)51(40-25-18-35(19-26-40)33-11-5-3-6-12-33)41-27-20-36(21-28-41)34-13-7-4-8-14-34/h3-32H,1-2H3. The number of halogens is 1. The zero-order valence-electron chi connectivity index (χ0n) is 28.6. The predicted octanol–water partition coefficient (Wildman–Crippen LogP) is 13.8. The monoisotopic (exact) mass is 657 g/mol. The van der Waals surface area contributed by atoms with Gasteiger partial charge < -0.3 is 4.90 Å².